The van der Waals surface area contributed by atoms with Crippen molar-refractivity contribution in [1.82, 2.24) is 9.55 Å². The zero-order chi connectivity index (χ0) is 9.26. The lowest BCUT2D eigenvalue weighted by atomic mass is 10.2. The van der Waals surface area contributed by atoms with Gasteiger partial charge in [-0.1, -0.05) is 6.92 Å². The van der Waals surface area contributed by atoms with E-state index in [1.807, 2.05) is 6.20 Å². The summed E-state index contributed by atoms with van der Waals surface area (Å²) in [4.78, 5) is 3.09. The molecule has 1 aromatic rings. The molecule has 1 aliphatic rings. The number of ether oxygens (including phenoxy) is 1. The molecule has 0 bridgehead atoms. The number of nitrogens with one attached hydrogen (secondary N) is 1. The monoisotopic (exact) mass is 198 g/mol. The van der Waals surface area contributed by atoms with Crippen LogP contribution in [0.2, 0.25) is 0 Å². The molecule has 1 aliphatic heterocycles. The van der Waals surface area contributed by atoms with Crippen LogP contribution in [0, 0.1) is 4.77 Å². The van der Waals surface area contributed by atoms with Crippen LogP contribution in [0.4, 0.5) is 0 Å². The lowest BCUT2D eigenvalue weighted by molar-refractivity contribution is 0.186. The Morgan fingerprint density at radius 1 is 1.77 bits per heavy atom. The molecule has 0 amide bonds. The quantitative estimate of drug-likeness (QED) is 0.737. The Morgan fingerprint density at radius 2 is 2.62 bits per heavy atom. The van der Waals surface area contributed by atoms with Gasteiger partial charge >= 0.3 is 0 Å². The van der Waals surface area contributed by atoms with Crippen LogP contribution in [0.15, 0.2) is 6.20 Å². The number of aromatic amines is 1. The van der Waals surface area contributed by atoms with Gasteiger partial charge in [0.1, 0.15) is 0 Å². The number of aryl methyl sites for hydroxylation is 1. The summed E-state index contributed by atoms with van der Waals surface area (Å²) in [7, 11) is 0. The summed E-state index contributed by atoms with van der Waals surface area (Å²) >= 11 is 5.23. The van der Waals surface area contributed by atoms with Crippen molar-refractivity contribution in [3.8, 4) is 0 Å². The molecule has 0 aromatic carbocycles. The van der Waals surface area contributed by atoms with Gasteiger partial charge in [0.05, 0.1) is 12.6 Å². The van der Waals surface area contributed by atoms with Crippen molar-refractivity contribution in [1.29, 1.82) is 0 Å². The Bertz CT molecular complexity index is 336. The third-order valence-corrected chi connectivity index (χ3v) is 2.84. The SMILES string of the molecule is CCc1c[nH]c(=S)n1C1CCOC1. The van der Waals surface area contributed by atoms with Crippen LogP contribution >= 0.6 is 12.2 Å². The minimum Gasteiger partial charge on any atom is -0.379 e. The Kier molecular flexibility index (Phi) is 2.51. The van der Waals surface area contributed by atoms with E-state index in [2.05, 4.69) is 16.5 Å². The van der Waals surface area contributed by atoms with Crippen molar-refractivity contribution < 1.29 is 4.74 Å². The molecular formula is C9H14N2OS. The Balaban J connectivity index is 2.36. The molecule has 0 radical (unpaired) electrons. The number of aromatic nitrogens is 2. The highest BCUT2D eigenvalue weighted by atomic mass is 32.1. The summed E-state index contributed by atoms with van der Waals surface area (Å²) in [6, 6.07) is 0.452. The van der Waals surface area contributed by atoms with Crippen molar-refractivity contribution in [2.45, 2.75) is 25.8 Å². The van der Waals surface area contributed by atoms with Gasteiger partial charge in [-0.2, -0.15) is 0 Å². The van der Waals surface area contributed by atoms with Crippen LogP contribution in [0.3, 0.4) is 0 Å². The largest absolute Gasteiger partial charge is 0.379 e. The van der Waals surface area contributed by atoms with Crippen molar-refractivity contribution >= 4 is 12.2 Å². The first-order valence-corrected chi connectivity index (χ1v) is 5.10. The Hall–Kier alpha value is -0.610. The van der Waals surface area contributed by atoms with E-state index in [9.17, 15) is 0 Å². The van der Waals surface area contributed by atoms with Gasteiger partial charge in [-0.15, -0.1) is 0 Å². The third-order valence-electron chi connectivity index (χ3n) is 2.52. The molecule has 0 spiro atoms. The number of rotatable bonds is 2. The molecular weight excluding hydrogens is 184 g/mol. The lowest BCUT2D eigenvalue weighted by Crippen LogP contribution is -2.11. The maximum absolute atomic E-state index is 5.35. The highest BCUT2D eigenvalue weighted by molar-refractivity contribution is 7.71. The predicted octanol–water partition coefficient (Wildman–Crippen LogP) is 2.07. The fourth-order valence-electron chi connectivity index (χ4n) is 1.81. The van der Waals surface area contributed by atoms with Crippen LogP contribution in [-0.2, 0) is 11.2 Å². The molecule has 4 heteroatoms. The standard InChI is InChI=1S/C9H14N2OS/c1-2-7-5-10-9(13)11(7)8-3-4-12-6-8/h5,8H,2-4,6H2,1H3,(H,10,13). The van der Waals surface area contributed by atoms with E-state index >= 15 is 0 Å². The van der Waals surface area contributed by atoms with Crippen molar-refractivity contribution in [3.63, 3.8) is 0 Å². The summed E-state index contributed by atoms with van der Waals surface area (Å²) in [6.45, 7) is 3.81. The zero-order valence-corrected chi connectivity index (χ0v) is 8.56. The van der Waals surface area contributed by atoms with Gasteiger partial charge in [0.25, 0.3) is 0 Å². The fraction of sp³-hybridized carbons (Fsp3) is 0.667. The second-order valence-electron chi connectivity index (χ2n) is 3.33. The van der Waals surface area contributed by atoms with Crippen LogP contribution in [-0.4, -0.2) is 22.8 Å². The minimum absolute atomic E-state index is 0.452. The average molecular weight is 198 g/mol. The van der Waals surface area contributed by atoms with Gasteiger partial charge in [-0.25, -0.2) is 0 Å². The molecule has 0 aliphatic carbocycles. The summed E-state index contributed by atoms with van der Waals surface area (Å²) in [5.41, 5.74) is 1.28. The van der Waals surface area contributed by atoms with E-state index in [4.69, 9.17) is 17.0 Å². The molecule has 2 heterocycles. The van der Waals surface area contributed by atoms with Crippen molar-refractivity contribution in [3.05, 3.63) is 16.7 Å². The zero-order valence-electron chi connectivity index (χ0n) is 7.75. The van der Waals surface area contributed by atoms with E-state index < -0.39 is 0 Å². The molecule has 13 heavy (non-hydrogen) atoms. The second-order valence-corrected chi connectivity index (χ2v) is 3.71. The number of H-pyrrole nitrogens is 1. The molecule has 72 valence electrons. The maximum Gasteiger partial charge on any atom is 0.177 e. The van der Waals surface area contributed by atoms with Gasteiger partial charge in [-0.05, 0) is 25.1 Å². The Morgan fingerprint density at radius 3 is 3.23 bits per heavy atom. The van der Waals surface area contributed by atoms with E-state index in [0.717, 1.165) is 30.8 Å². The average Bonchev–Trinajstić information content (AvgIpc) is 2.72. The molecule has 1 fully saturated rings. The van der Waals surface area contributed by atoms with E-state index in [0.29, 0.717) is 6.04 Å². The number of hydrogen-bond acceptors (Lipinski definition) is 2. The van der Waals surface area contributed by atoms with E-state index in [-0.39, 0.29) is 0 Å². The van der Waals surface area contributed by atoms with Gasteiger partial charge in [0, 0.05) is 18.5 Å². The van der Waals surface area contributed by atoms with E-state index in [1.54, 1.807) is 0 Å². The van der Waals surface area contributed by atoms with Gasteiger partial charge in [-0.3, -0.25) is 0 Å². The van der Waals surface area contributed by atoms with Gasteiger partial charge in [0.15, 0.2) is 4.77 Å². The maximum atomic E-state index is 5.35. The lowest BCUT2D eigenvalue weighted by Gasteiger charge is -2.12. The third kappa shape index (κ3) is 1.56. The van der Waals surface area contributed by atoms with Gasteiger partial charge in [0.2, 0.25) is 0 Å². The number of imidazole rings is 1. The normalized spacial score (nSPS) is 22.4. The first-order valence-electron chi connectivity index (χ1n) is 4.69. The smallest absolute Gasteiger partial charge is 0.177 e. The fourth-order valence-corrected chi connectivity index (χ4v) is 2.14. The number of nitrogens with zero attached hydrogens (tertiary/aromatic N) is 1. The van der Waals surface area contributed by atoms with Crippen molar-refractivity contribution in [2.75, 3.05) is 13.2 Å². The highest BCUT2D eigenvalue weighted by Crippen LogP contribution is 2.21. The molecule has 3 nitrogen and oxygen atoms in total. The molecule has 1 N–H and O–H groups in total. The molecule has 2 rings (SSSR count). The molecule has 0 saturated carbocycles. The van der Waals surface area contributed by atoms with Crippen LogP contribution in [0.5, 0.6) is 0 Å². The highest BCUT2D eigenvalue weighted by Gasteiger charge is 2.19. The Labute approximate surface area is 82.7 Å². The predicted molar refractivity (Wildman–Crippen MR) is 53.5 cm³/mol. The van der Waals surface area contributed by atoms with Crippen LogP contribution in [0.25, 0.3) is 0 Å². The second kappa shape index (κ2) is 3.64. The first-order chi connectivity index (χ1) is 6.33. The molecule has 1 unspecified atom stereocenters. The molecule has 1 saturated heterocycles. The first kappa shape index (κ1) is 8.97. The molecule has 1 aromatic heterocycles. The van der Waals surface area contributed by atoms with Crippen molar-refractivity contribution in [2.24, 2.45) is 0 Å². The van der Waals surface area contributed by atoms with Crippen LogP contribution < -0.4 is 0 Å². The topological polar surface area (TPSA) is 29.9 Å². The summed E-state index contributed by atoms with van der Waals surface area (Å²) in [6.07, 6.45) is 4.10. The summed E-state index contributed by atoms with van der Waals surface area (Å²) in [5, 5.41) is 0. The summed E-state index contributed by atoms with van der Waals surface area (Å²) < 4.78 is 8.38. The number of hydrogen-bond donors (Lipinski definition) is 1. The van der Waals surface area contributed by atoms with E-state index in [1.165, 1.54) is 5.69 Å². The van der Waals surface area contributed by atoms with Crippen LogP contribution in [0.1, 0.15) is 25.1 Å². The summed E-state index contributed by atoms with van der Waals surface area (Å²) in [5.74, 6) is 0. The molecule has 1 atom stereocenters. The minimum atomic E-state index is 0.452. The van der Waals surface area contributed by atoms with Gasteiger partial charge < -0.3 is 14.3 Å².